The van der Waals surface area contributed by atoms with Crippen molar-refractivity contribution in [2.75, 3.05) is 19.8 Å². The molecular weight excluding hydrogens is 568 g/mol. The van der Waals surface area contributed by atoms with E-state index in [1.165, 1.54) is 6.08 Å². The van der Waals surface area contributed by atoms with Crippen LogP contribution in [0, 0.1) is 17.8 Å². The molecular formula is C34H52O10. The SMILES string of the molecule is C=CCC(=O)OCCCOC1CCC(C(=O)OC2CCC(C(=O)OC3CCC(OCCCC(=O)OC=C)CC3)C(C)C2)CC1. The average Bonchev–Trinajstić information content (AvgIpc) is 3.00. The highest BCUT2D eigenvalue weighted by Gasteiger charge is 2.38. The lowest BCUT2D eigenvalue weighted by atomic mass is 9.78. The Balaban J connectivity index is 1.25. The Bertz CT molecular complexity index is 932. The highest BCUT2D eigenvalue weighted by molar-refractivity contribution is 5.74. The number of carbonyl (C=O) groups is 4. The number of hydrogen-bond donors (Lipinski definition) is 0. The van der Waals surface area contributed by atoms with Crippen LogP contribution in [0.1, 0.15) is 103 Å². The summed E-state index contributed by atoms with van der Waals surface area (Å²) in [4.78, 5) is 48.6. The van der Waals surface area contributed by atoms with Gasteiger partial charge in [0, 0.05) is 19.4 Å². The summed E-state index contributed by atoms with van der Waals surface area (Å²) in [5, 5.41) is 0. The molecule has 3 saturated carbocycles. The first kappa shape index (κ1) is 35.8. The zero-order valence-corrected chi connectivity index (χ0v) is 26.4. The van der Waals surface area contributed by atoms with Gasteiger partial charge in [0.25, 0.3) is 0 Å². The Morgan fingerprint density at radius 2 is 1.27 bits per heavy atom. The van der Waals surface area contributed by atoms with Crippen molar-refractivity contribution in [1.29, 1.82) is 0 Å². The van der Waals surface area contributed by atoms with E-state index in [0.717, 1.165) is 57.6 Å². The molecule has 0 aromatic carbocycles. The van der Waals surface area contributed by atoms with E-state index in [1.807, 2.05) is 6.92 Å². The monoisotopic (exact) mass is 620 g/mol. The fourth-order valence-electron chi connectivity index (χ4n) is 6.39. The molecule has 0 amide bonds. The van der Waals surface area contributed by atoms with E-state index in [9.17, 15) is 19.2 Å². The minimum absolute atomic E-state index is 0.0849. The molecule has 3 rings (SSSR count). The number of rotatable bonds is 17. The molecule has 3 aliphatic carbocycles. The first-order valence-electron chi connectivity index (χ1n) is 16.5. The molecule has 0 aliphatic heterocycles. The van der Waals surface area contributed by atoms with Gasteiger partial charge >= 0.3 is 23.9 Å². The van der Waals surface area contributed by atoms with Crippen LogP contribution in [0.3, 0.4) is 0 Å². The van der Waals surface area contributed by atoms with E-state index < -0.39 is 0 Å². The predicted molar refractivity (Wildman–Crippen MR) is 162 cm³/mol. The fraction of sp³-hybridized carbons (Fsp3) is 0.765. The largest absolute Gasteiger partial charge is 0.465 e. The van der Waals surface area contributed by atoms with Crippen molar-refractivity contribution >= 4 is 23.9 Å². The number of carbonyl (C=O) groups excluding carboxylic acids is 4. The van der Waals surface area contributed by atoms with Gasteiger partial charge in [-0.2, -0.15) is 0 Å². The van der Waals surface area contributed by atoms with Crippen LogP contribution < -0.4 is 0 Å². The number of esters is 4. The maximum Gasteiger partial charge on any atom is 0.310 e. The third kappa shape index (κ3) is 12.7. The third-order valence-corrected chi connectivity index (χ3v) is 8.93. The molecule has 3 unspecified atom stereocenters. The quantitative estimate of drug-likeness (QED) is 0.0652. The molecule has 10 heteroatoms. The second-order valence-electron chi connectivity index (χ2n) is 12.3. The lowest BCUT2D eigenvalue weighted by molar-refractivity contribution is -0.165. The summed E-state index contributed by atoms with van der Waals surface area (Å²) >= 11 is 0. The van der Waals surface area contributed by atoms with Crippen molar-refractivity contribution in [2.45, 2.75) is 128 Å². The smallest absolute Gasteiger partial charge is 0.310 e. The molecule has 10 nitrogen and oxygen atoms in total. The summed E-state index contributed by atoms with van der Waals surface area (Å²) in [5.41, 5.74) is 0. The Kier molecular flexibility index (Phi) is 15.9. The van der Waals surface area contributed by atoms with Gasteiger partial charge in [-0.05, 0) is 83.0 Å². The zero-order valence-electron chi connectivity index (χ0n) is 26.4. The molecule has 0 saturated heterocycles. The normalized spacial score (nSPS) is 28.7. The van der Waals surface area contributed by atoms with Crippen LogP contribution in [0.5, 0.6) is 0 Å². The molecule has 0 aromatic heterocycles. The van der Waals surface area contributed by atoms with E-state index in [0.29, 0.717) is 58.3 Å². The maximum absolute atomic E-state index is 13.0. The van der Waals surface area contributed by atoms with Crippen molar-refractivity contribution in [1.82, 2.24) is 0 Å². The van der Waals surface area contributed by atoms with E-state index in [4.69, 9.17) is 28.4 Å². The van der Waals surface area contributed by atoms with Gasteiger partial charge in [0.2, 0.25) is 0 Å². The molecule has 0 heterocycles. The molecule has 248 valence electrons. The van der Waals surface area contributed by atoms with Crippen LogP contribution >= 0.6 is 0 Å². The molecule has 0 N–H and O–H groups in total. The van der Waals surface area contributed by atoms with Gasteiger partial charge < -0.3 is 28.4 Å². The Morgan fingerprint density at radius 1 is 0.682 bits per heavy atom. The highest BCUT2D eigenvalue weighted by Crippen LogP contribution is 2.35. The second-order valence-corrected chi connectivity index (χ2v) is 12.3. The Morgan fingerprint density at radius 3 is 1.91 bits per heavy atom. The van der Waals surface area contributed by atoms with Gasteiger partial charge in [-0.25, -0.2) is 0 Å². The van der Waals surface area contributed by atoms with E-state index in [2.05, 4.69) is 13.2 Å². The average molecular weight is 621 g/mol. The van der Waals surface area contributed by atoms with Crippen molar-refractivity contribution in [3.8, 4) is 0 Å². The lowest BCUT2D eigenvalue weighted by Gasteiger charge is -2.35. The highest BCUT2D eigenvalue weighted by atomic mass is 16.6. The lowest BCUT2D eigenvalue weighted by Crippen LogP contribution is -2.38. The van der Waals surface area contributed by atoms with Crippen molar-refractivity contribution in [3.05, 3.63) is 25.5 Å². The van der Waals surface area contributed by atoms with Gasteiger partial charge in [-0.1, -0.05) is 19.6 Å². The van der Waals surface area contributed by atoms with Crippen molar-refractivity contribution in [3.63, 3.8) is 0 Å². The fourth-order valence-corrected chi connectivity index (χ4v) is 6.39. The molecule has 3 aliphatic rings. The van der Waals surface area contributed by atoms with E-state index >= 15 is 0 Å². The standard InChI is InChI=1S/C34H52O10/c1-4-8-31(35)42-22-7-21-41-26-12-10-25(11-13-26)33(37)44-29-18-19-30(24(3)23-29)34(38)43-28-16-14-27(15-17-28)40-20-6-9-32(36)39-5-2/h4-5,24-30H,1-2,6-23H2,3H3. The Labute approximate surface area is 262 Å². The number of hydrogen-bond acceptors (Lipinski definition) is 10. The summed E-state index contributed by atoms with van der Waals surface area (Å²) in [6, 6.07) is 0. The van der Waals surface area contributed by atoms with Crippen LogP contribution in [0.4, 0.5) is 0 Å². The van der Waals surface area contributed by atoms with Crippen molar-refractivity contribution < 1.29 is 47.6 Å². The maximum atomic E-state index is 13.0. The topological polar surface area (TPSA) is 124 Å². The van der Waals surface area contributed by atoms with Crippen molar-refractivity contribution in [2.24, 2.45) is 17.8 Å². The van der Waals surface area contributed by atoms with E-state index in [-0.39, 0.29) is 72.5 Å². The van der Waals surface area contributed by atoms with Gasteiger partial charge in [0.1, 0.15) is 12.2 Å². The predicted octanol–water partition coefficient (Wildman–Crippen LogP) is 5.76. The molecule has 44 heavy (non-hydrogen) atoms. The minimum atomic E-state index is -0.306. The first-order chi connectivity index (χ1) is 21.3. The van der Waals surface area contributed by atoms with E-state index in [1.54, 1.807) is 0 Å². The number of ether oxygens (including phenoxy) is 6. The summed E-state index contributed by atoms with van der Waals surface area (Å²) in [7, 11) is 0. The van der Waals surface area contributed by atoms with Crippen LogP contribution in [-0.2, 0) is 47.6 Å². The van der Waals surface area contributed by atoms with Crippen LogP contribution in [0.2, 0.25) is 0 Å². The second kappa shape index (κ2) is 19.6. The first-order valence-corrected chi connectivity index (χ1v) is 16.5. The zero-order chi connectivity index (χ0) is 31.7. The summed E-state index contributed by atoms with van der Waals surface area (Å²) in [6.45, 7) is 10.3. The molecule has 0 aromatic rings. The van der Waals surface area contributed by atoms with Gasteiger partial charge in [0.15, 0.2) is 0 Å². The summed E-state index contributed by atoms with van der Waals surface area (Å²) in [6.07, 6.45) is 12.7. The van der Waals surface area contributed by atoms with Crippen LogP contribution in [-0.4, -0.2) is 68.1 Å². The van der Waals surface area contributed by atoms with Gasteiger partial charge in [-0.3, -0.25) is 19.2 Å². The van der Waals surface area contributed by atoms with Gasteiger partial charge in [-0.15, -0.1) is 6.58 Å². The van der Waals surface area contributed by atoms with Crippen LogP contribution in [0.15, 0.2) is 25.5 Å². The molecule has 3 atom stereocenters. The van der Waals surface area contributed by atoms with Crippen LogP contribution in [0.25, 0.3) is 0 Å². The third-order valence-electron chi connectivity index (χ3n) is 8.93. The molecule has 0 radical (unpaired) electrons. The minimum Gasteiger partial charge on any atom is -0.465 e. The Hall–Kier alpha value is -2.72. The molecule has 0 spiro atoms. The molecule has 0 bridgehead atoms. The summed E-state index contributed by atoms with van der Waals surface area (Å²) < 4.78 is 33.4. The summed E-state index contributed by atoms with van der Waals surface area (Å²) in [5.74, 6) is -1.05. The van der Waals surface area contributed by atoms with Gasteiger partial charge in [0.05, 0.1) is 49.9 Å². The molecule has 3 fully saturated rings.